The molecule has 1 amide bonds. The number of ether oxygens (including phenoxy) is 1. The highest BCUT2D eigenvalue weighted by Crippen LogP contribution is 2.09. The minimum atomic E-state index is -0.793. The van der Waals surface area contributed by atoms with Gasteiger partial charge in [-0.05, 0) is 34.1 Å². The van der Waals surface area contributed by atoms with Crippen molar-refractivity contribution < 1.29 is 19.8 Å². The maximum Gasteiger partial charge on any atom is 0.434 e. The van der Waals surface area contributed by atoms with Gasteiger partial charge in [-0.3, -0.25) is 5.21 Å². The van der Waals surface area contributed by atoms with Crippen molar-refractivity contribution in [3.63, 3.8) is 0 Å². The summed E-state index contributed by atoms with van der Waals surface area (Å²) in [4.78, 5) is 11.1. The molecule has 0 saturated heterocycles. The molecule has 14 heavy (non-hydrogen) atoms. The fourth-order valence-corrected chi connectivity index (χ4v) is 0.715. The van der Waals surface area contributed by atoms with Crippen molar-refractivity contribution in [2.45, 2.75) is 45.8 Å². The van der Waals surface area contributed by atoms with E-state index in [0.29, 0.717) is 11.5 Å². The Morgan fingerprint density at radius 2 is 2.00 bits per heavy atom. The Labute approximate surface area is 84.2 Å². The molecule has 0 heterocycles. The van der Waals surface area contributed by atoms with Crippen LogP contribution in [-0.4, -0.2) is 39.7 Å². The predicted molar refractivity (Wildman–Crippen MR) is 51.0 cm³/mol. The first-order valence-corrected chi connectivity index (χ1v) is 4.60. The van der Waals surface area contributed by atoms with Crippen LogP contribution in [0.3, 0.4) is 0 Å². The quantitative estimate of drug-likeness (QED) is 0.539. The molecule has 0 bridgehead atoms. The van der Waals surface area contributed by atoms with E-state index in [1.165, 1.54) is 0 Å². The van der Waals surface area contributed by atoms with Crippen LogP contribution in [0.5, 0.6) is 0 Å². The maximum absolute atomic E-state index is 11.1. The fourth-order valence-electron chi connectivity index (χ4n) is 0.715. The highest BCUT2D eigenvalue weighted by molar-refractivity contribution is 5.66. The van der Waals surface area contributed by atoms with Crippen LogP contribution < -0.4 is 0 Å². The van der Waals surface area contributed by atoms with Crippen molar-refractivity contribution in [1.82, 2.24) is 5.06 Å². The molecule has 0 aliphatic carbocycles. The molecule has 84 valence electrons. The van der Waals surface area contributed by atoms with E-state index >= 15 is 0 Å². The number of nitrogens with zero attached hydrogens (tertiary/aromatic N) is 1. The Kier molecular flexibility index (Phi) is 4.87. The molecule has 0 aromatic heterocycles. The van der Waals surface area contributed by atoms with Gasteiger partial charge in [-0.25, -0.2) is 4.79 Å². The first-order chi connectivity index (χ1) is 6.22. The summed E-state index contributed by atoms with van der Waals surface area (Å²) >= 11 is 0. The third-order valence-electron chi connectivity index (χ3n) is 1.36. The molecule has 5 heteroatoms. The smallest absolute Gasteiger partial charge is 0.434 e. The molecular weight excluding hydrogens is 186 g/mol. The van der Waals surface area contributed by atoms with Crippen molar-refractivity contribution >= 4 is 6.09 Å². The molecule has 5 nitrogen and oxygen atoms in total. The Morgan fingerprint density at radius 3 is 2.36 bits per heavy atom. The number of hydrogen-bond acceptors (Lipinski definition) is 4. The number of aliphatic hydroxyl groups excluding tert-OH is 1. The SMILES string of the molecule is CC(O)CCN(O)C(=O)OC(C)(C)C. The number of carbonyl (C=O) groups is 1. The highest BCUT2D eigenvalue weighted by Gasteiger charge is 2.20. The van der Waals surface area contributed by atoms with Gasteiger partial charge < -0.3 is 9.84 Å². The summed E-state index contributed by atoms with van der Waals surface area (Å²) in [5, 5.41) is 18.6. The van der Waals surface area contributed by atoms with E-state index in [9.17, 15) is 10.0 Å². The van der Waals surface area contributed by atoms with Crippen molar-refractivity contribution in [2.75, 3.05) is 6.54 Å². The zero-order chi connectivity index (χ0) is 11.4. The van der Waals surface area contributed by atoms with E-state index in [-0.39, 0.29) is 6.54 Å². The molecule has 1 atom stereocenters. The van der Waals surface area contributed by atoms with Gasteiger partial charge in [0.15, 0.2) is 0 Å². The number of aliphatic hydroxyl groups is 1. The maximum atomic E-state index is 11.1. The topological polar surface area (TPSA) is 70.0 Å². The van der Waals surface area contributed by atoms with Gasteiger partial charge in [0.2, 0.25) is 0 Å². The van der Waals surface area contributed by atoms with Gasteiger partial charge in [0.05, 0.1) is 12.6 Å². The van der Waals surface area contributed by atoms with Gasteiger partial charge in [0, 0.05) is 0 Å². The second-order valence-corrected chi connectivity index (χ2v) is 4.24. The zero-order valence-corrected chi connectivity index (χ0v) is 9.15. The van der Waals surface area contributed by atoms with E-state index in [2.05, 4.69) is 0 Å². The molecule has 1 unspecified atom stereocenters. The Morgan fingerprint density at radius 1 is 1.50 bits per heavy atom. The molecule has 0 spiro atoms. The number of carbonyl (C=O) groups excluding carboxylic acids is 1. The summed E-state index contributed by atoms with van der Waals surface area (Å²) in [5.41, 5.74) is -0.622. The normalized spacial score (nSPS) is 13.6. The lowest BCUT2D eigenvalue weighted by atomic mass is 10.2. The largest absolute Gasteiger partial charge is 0.442 e. The molecule has 0 radical (unpaired) electrons. The van der Waals surface area contributed by atoms with Gasteiger partial charge in [0.1, 0.15) is 5.60 Å². The summed E-state index contributed by atoms with van der Waals surface area (Å²) in [6.07, 6.45) is -1.03. The minimum absolute atomic E-state index is 0.0621. The van der Waals surface area contributed by atoms with Crippen LogP contribution in [0.4, 0.5) is 4.79 Å². The Balaban J connectivity index is 3.88. The van der Waals surface area contributed by atoms with Crippen LogP contribution in [0.2, 0.25) is 0 Å². The number of rotatable bonds is 3. The van der Waals surface area contributed by atoms with Crippen molar-refractivity contribution in [1.29, 1.82) is 0 Å². The van der Waals surface area contributed by atoms with Crippen molar-refractivity contribution in [3.8, 4) is 0 Å². The first-order valence-electron chi connectivity index (χ1n) is 4.60. The minimum Gasteiger partial charge on any atom is -0.442 e. The Hall–Kier alpha value is -0.810. The molecular formula is C9H19NO4. The lowest BCUT2D eigenvalue weighted by molar-refractivity contribution is -0.0975. The average Bonchev–Trinajstić information content (AvgIpc) is 1.96. The second kappa shape index (κ2) is 5.17. The molecule has 0 fully saturated rings. The highest BCUT2D eigenvalue weighted by atomic mass is 16.6. The van der Waals surface area contributed by atoms with E-state index < -0.39 is 17.8 Å². The summed E-state index contributed by atoms with van der Waals surface area (Å²) in [7, 11) is 0. The third kappa shape index (κ3) is 6.68. The van der Waals surface area contributed by atoms with E-state index in [1.807, 2.05) is 0 Å². The average molecular weight is 205 g/mol. The number of hydroxylamine groups is 2. The molecule has 0 aliphatic rings. The fraction of sp³-hybridized carbons (Fsp3) is 0.889. The Bertz CT molecular complexity index is 186. The van der Waals surface area contributed by atoms with Crippen molar-refractivity contribution in [3.05, 3.63) is 0 Å². The first kappa shape index (κ1) is 13.2. The lowest BCUT2D eigenvalue weighted by Crippen LogP contribution is -2.35. The van der Waals surface area contributed by atoms with Crippen LogP contribution in [0.25, 0.3) is 0 Å². The summed E-state index contributed by atoms with van der Waals surface area (Å²) < 4.78 is 4.89. The summed E-state index contributed by atoms with van der Waals surface area (Å²) in [6.45, 7) is 6.80. The third-order valence-corrected chi connectivity index (χ3v) is 1.36. The van der Waals surface area contributed by atoms with Crippen LogP contribution in [-0.2, 0) is 4.74 Å². The molecule has 0 saturated carbocycles. The summed E-state index contributed by atoms with van der Waals surface area (Å²) in [6, 6.07) is 0. The van der Waals surface area contributed by atoms with Gasteiger partial charge in [-0.2, -0.15) is 5.06 Å². The van der Waals surface area contributed by atoms with E-state index in [1.54, 1.807) is 27.7 Å². The molecule has 0 aliphatic heterocycles. The number of hydrogen-bond donors (Lipinski definition) is 2. The zero-order valence-electron chi connectivity index (χ0n) is 9.15. The summed E-state index contributed by atoms with van der Waals surface area (Å²) in [5.74, 6) is 0. The van der Waals surface area contributed by atoms with Crippen LogP contribution in [0.1, 0.15) is 34.1 Å². The van der Waals surface area contributed by atoms with E-state index in [0.717, 1.165) is 0 Å². The molecule has 2 N–H and O–H groups in total. The van der Waals surface area contributed by atoms with Crippen LogP contribution in [0.15, 0.2) is 0 Å². The van der Waals surface area contributed by atoms with Gasteiger partial charge in [0.25, 0.3) is 0 Å². The molecule has 0 aromatic carbocycles. The van der Waals surface area contributed by atoms with E-state index in [4.69, 9.17) is 9.84 Å². The standard InChI is InChI=1S/C9H19NO4/c1-7(11)5-6-10(13)8(12)14-9(2,3)4/h7,11,13H,5-6H2,1-4H3. The van der Waals surface area contributed by atoms with Crippen LogP contribution >= 0.6 is 0 Å². The van der Waals surface area contributed by atoms with Gasteiger partial charge >= 0.3 is 6.09 Å². The lowest BCUT2D eigenvalue weighted by Gasteiger charge is -2.23. The van der Waals surface area contributed by atoms with Gasteiger partial charge in [-0.1, -0.05) is 0 Å². The van der Waals surface area contributed by atoms with Gasteiger partial charge in [-0.15, -0.1) is 0 Å². The van der Waals surface area contributed by atoms with Crippen LogP contribution in [0, 0.1) is 0 Å². The molecule has 0 aromatic rings. The molecule has 0 rings (SSSR count). The predicted octanol–water partition coefficient (Wildman–Crippen LogP) is 1.38. The number of amides is 1. The monoisotopic (exact) mass is 205 g/mol. The second-order valence-electron chi connectivity index (χ2n) is 4.24. The van der Waals surface area contributed by atoms with Crippen molar-refractivity contribution in [2.24, 2.45) is 0 Å².